The first-order valence-electron chi connectivity index (χ1n) is 0. The SMILES string of the molecule is O.O.O.[Fe].[Fe].[Zn]. The van der Waals surface area contributed by atoms with Gasteiger partial charge < -0.3 is 16.4 Å². The van der Waals surface area contributed by atoms with Crippen LogP contribution in [-0.2, 0) is 53.6 Å². The third-order valence-electron chi connectivity index (χ3n) is 0. The molecule has 0 atom stereocenters. The second-order valence-corrected chi connectivity index (χ2v) is 0. The van der Waals surface area contributed by atoms with Gasteiger partial charge in [-0.25, -0.2) is 0 Å². The largest absolute Gasteiger partial charge is 0.412 e. The van der Waals surface area contributed by atoms with Crippen molar-refractivity contribution >= 4 is 0 Å². The van der Waals surface area contributed by atoms with E-state index in [1.54, 1.807) is 0 Å². The van der Waals surface area contributed by atoms with Crippen LogP contribution in [0.5, 0.6) is 0 Å². The molecule has 0 aliphatic heterocycles. The van der Waals surface area contributed by atoms with Gasteiger partial charge in [0.25, 0.3) is 0 Å². The van der Waals surface area contributed by atoms with Crippen molar-refractivity contribution < 1.29 is 70.0 Å². The molecule has 0 spiro atoms. The fraction of sp³-hybridized carbons (Fsp3) is 0. The predicted octanol–water partition coefficient (Wildman–Crippen LogP) is -2.48. The van der Waals surface area contributed by atoms with Gasteiger partial charge in [0, 0.05) is 53.6 Å². The van der Waals surface area contributed by atoms with Crippen molar-refractivity contribution in [2.75, 3.05) is 0 Å². The van der Waals surface area contributed by atoms with Crippen LogP contribution >= 0.6 is 0 Å². The van der Waals surface area contributed by atoms with Gasteiger partial charge in [0.2, 0.25) is 0 Å². The van der Waals surface area contributed by atoms with Crippen molar-refractivity contribution in [1.29, 1.82) is 0 Å². The summed E-state index contributed by atoms with van der Waals surface area (Å²) in [7, 11) is 0. The molecule has 0 saturated heterocycles. The Bertz CT molecular complexity index is 8.75. The molecule has 6 N–H and O–H groups in total. The smallest absolute Gasteiger partial charge is 0 e. The van der Waals surface area contributed by atoms with E-state index in [4.69, 9.17) is 0 Å². The molecule has 0 fully saturated rings. The molecule has 0 aromatic heterocycles. The Labute approximate surface area is 69.9 Å². The van der Waals surface area contributed by atoms with Crippen LogP contribution in [0, 0.1) is 0 Å². The minimum Gasteiger partial charge on any atom is -0.412 e. The van der Waals surface area contributed by atoms with Crippen molar-refractivity contribution in [2.45, 2.75) is 0 Å². The summed E-state index contributed by atoms with van der Waals surface area (Å²) in [5.41, 5.74) is 0. The summed E-state index contributed by atoms with van der Waals surface area (Å²) in [5.74, 6) is 0. The zero-order chi connectivity index (χ0) is 0. The standard InChI is InChI=1S/2Fe.3H2O.Zn/h;;3*1H2;. The van der Waals surface area contributed by atoms with Crippen molar-refractivity contribution in [2.24, 2.45) is 0 Å². The van der Waals surface area contributed by atoms with E-state index in [1.807, 2.05) is 0 Å². The Morgan fingerprint density at radius 3 is 0.500 bits per heavy atom. The normalized spacial score (nSPS) is 0. The van der Waals surface area contributed by atoms with E-state index < -0.39 is 0 Å². The second kappa shape index (κ2) is 84.5. The fourth-order valence-corrected chi connectivity index (χ4v) is 0. The van der Waals surface area contributed by atoms with Crippen LogP contribution in [0.4, 0.5) is 0 Å². The number of hydrogen-bond donors (Lipinski definition) is 0. The minimum absolute atomic E-state index is 0. The molecule has 0 aliphatic rings. The summed E-state index contributed by atoms with van der Waals surface area (Å²) in [6.07, 6.45) is 0. The van der Waals surface area contributed by atoms with E-state index in [1.165, 1.54) is 0 Å². The van der Waals surface area contributed by atoms with Crippen LogP contribution in [0.15, 0.2) is 0 Å². The molecule has 0 unspecified atom stereocenters. The van der Waals surface area contributed by atoms with Crippen molar-refractivity contribution in [3.05, 3.63) is 0 Å². The van der Waals surface area contributed by atoms with E-state index in [0.717, 1.165) is 0 Å². The zero-order valence-electron chi connectivity index (χ0n) is 2.91. The summed E-state index contributed by atoms with van der Waals surface area (Å²) in [6, 6.07) is 0. The van der Waals surface area contributed by atoms with Gasteiger partial charge in [-0.15, -0.1) is 0 Å². The summed E-state index contributed by atoms with van der Waals surface area (Å²) in [4.78, 5) is 0. The van der Waals surface area contributed by atoms with Crippen LogP contribution in [0.25, 0.3) is 0 Å². The second-order valence-electron chi connectivity index (χ2n) is 0. The molecule has 0 aromatic carbocycles. The van der Waals surface area contributed by atoms with Crippen LogP contribution in [-0.4, -0.2) is 16.4 Å². The Morgan fingerprint density at radius 1 is 0.500 bits per heavy atom. The van der Waals surface area contributed by atoms with Crippen LogP contribution in [0.1, 0.15) is 0 Å². The fourth-order valence-electron chi connectivity index (χ4n) is 0. The quantitative estimate of drug-likeness (QED) is 0.413. The minimum atomic E-state index is 0. The summed E-state index contributed by atoms with van der Waals surface area (Å²) in [5, 5.41) is 0. The molecule has 0 radical (unpaired) electrons. The number of hydrogen-bond acceptors (Lipinski definition) is 0. The van der Waals surface area contributed by atoms with Gasteiger partial charge in [-0.2, -0.15) is 0 Å². The molecule has 0 saturated carbocycles. The average molecular weight is 231 g/mol. The summed E-state index contributed by atoms with van der Waals surface area (Å²) in [6.45, 7) is 0. The first-order chi connectivity index (χ1) is 0. The molecule has 6 heteroatoms. The van der Waals surface area contributed by atoms with Gasteiger partial charge >= 0.3 is 0 Å². The van der Waals surface area contributed by atoms with Gasteiger partial charge in [-0.3, -0.25) is 0 Å². The Kier molecular flexibility index (Phi) is 1910. The van der Waals surface area contributed by atoms with Gasteiger partial charge in [-0.1, -0.05) is 0 Å². The molecule has 0 rings (SSSR count). The predicted molar refractivity (Wildman–Crippen MR) is 10.8 cm³/mol. The maximum atomic E-state index is 0. The first kappa shape index (κ1) is 136. The maximum Gasteiger partial charge on any atom is 0 e. The van der Waals surface area contributed by atoms with E-state index in [0.29, 0.717) is 0 Å². The van der Waals surface area contributed by atoms with Gasteiger partial charge in [0.05, 0.1) is 0 Å². The molecule has 0 aliphatic carbocycles. The van der Waals surface area contributed by atoms with Crippen LogP contribution in [0.3, 0.4) is 0 Å². The van der Waals surface area contributed by atoms with Crippen molar-refractivity contribution in [3.8, 4) is 0 Å². The van der Waals surface area contributed by atoms with Crippen molar-refractivity contribution in [3.63, 3.8) is 0 Å². The molecule has 0 bridgehead atoms. The van der Waals surface area contributed by atoms with Gasteiger partial charge in [-0.05, 0) is 0 Å². The van der Waals surface area contributed by atoms with Crippen molar-refractivity contribution in [1.82, 2.24) is 0 Å². The first-order valence-corrected chi connectivity index (χ1v) is 0. The monoisotopic (exact) mass is 230 g/mol. The molecule has 42 valence electrons. The molecule has 3 nitrogen and oxygen atoms in total. The topological polar surface area (TPSA) is 94.5 Å². The molecular weight excluding hydrogens is 225 g/mol. The molecular formula is H6Fe2O3Zn. The molecule has 0 aromatic rings. The van der Waals surface area contributed by atoms with E-state index in [-0.39, 0.29) is 70.0 Å². The molecule has 6 heavy (non-hydrogen) atoms. The average Bonchev–Trinajstić information content (AvgIpc) is 0. The zero-order valence-corrected chi connectivity index (χ0v) is 8.09. The van der Waals surface area contributed by atoms with Gasteiger partial charge in [0.15, 0.2) is 0 Å². The third-order valence-corrected chi connectivity index (χ3v) is 0. The Balaban J connectivity index is 0. The van der Waals surface area contributed by atoms with Crippen LogP contribution < -0.4 is 0 Å². The molecule has 0 amide bonds. The van der Waals surface area contributed by atoms with E-state index in [9.17, 15) is 0 Å². The number of rotatable bonds is 0. The van der Waals surface area contributed by atoms with Gasteiger partial charge in [0.1, 0.15) is 0 Å². The summed E-state index contributed by atoms with van der Waals surface area (Å²) < 4.78 is 0. The Morgan fingerprint density at radius 2 is 0.500 bits per heavy atom. The van der Waals surface area contributed by atoms with Crippen LogP contribution in [0.2, 0.25) is 0 Å². The Hall–Kier alpha value is 1.54. The van der Waals surface area contributed by atoms with E-state index in [2.05, 4.69) is 0 Å². The van der Waals surface area contributed by atoms with E-state index >= 15 is 0 Å². The maximum absolute atomic E-state index is 0. The summed E-state index contributed by atoms with van der Waals surface area (Å²) >= 11 is 0. The molecule has 0 heterocycles. The third kappa shape index (κ3) is 48.1.